The van der Waals surface area contributed by atoms with Crippen molar-refractivity contribution in [2.24, 2.45) is 0 Å². The molecule has 48 heavy (non-hydrogen) atoms. The highest BCUT2D eigenvalue weighted by Gasteiger charge is 2.45. The highest BCUT2D eigenvalue weighted by Crippen LogP contribution is 2.44. The number of thioether (sulfide) groups is 1. The summed E-state index contributed by atoms with van der Waals surface area (Å²) >= 11 is 2.77. The molecule has 0 aliphatic carbocycles. The van der Waals surface area contributed by atoms with Crippen molar-refractivity contribution in [3.05, 3.63) is 167 Å². The number of ether oxygens (including phenoxy) is 1. The van der Waals surface area contributed by atoms with Gasteiger partial charge in [0.15, 0.2) is 15.9 Å². The Balaban J connectivity index is 1.17. The first-order chi connectivity index (χ1) is 23.5. The number of nitrogens with zero attached hydrogens (tertiary/aromatic N) is 3. The van der Waals surface area contributed by atoms with Crippen LogP contribution in [0, 0.1) is 0 Å². The van der Waals surface area contributed by atoms with Crippen LogP contribution in [0.15, 0.2) is 149 Å². The molecule has 0 radical (unpaired) electrons. The van der Waals surface area contributed by atoms with E-state index in [1.807, 2.05) is 78.9 Å². The lowest BCUT2D eigenvalue weighted by Gasteiger charge is -2.24. The first-order valence-corrected chi connectivity index (χ1v) is 17.1. The third kappa shape index (κ3) is 6.64. The molecule has 7 rings (SSSR count). The van der Waals surface area contributed by atoms with Crippen LogP contribution in [0.5, 0.6) is 5.75 Å². The predicted molar refractivity (Wildman–Crippen MR) is 191 cm³/mol. The molecular formula is C39H29N3O4S2. The topological polar surface area (TPSA) is 92.6 Å². The van der Waals surface area contributed by atoms with Gasteiger partial charge in [-0.15, -0.1) is 10.2 Å². The zero-order chi connectivity index (χ0) is 32.9. The van der Waals surface area contributed by atoms with Gasteiger partial charge < -0.3 is 9.84 Å². The predicted octanol–water partition coefficient (Wildman–Crippen LogP) is 8.75. The van der Waals surface area contributed by atoms with Crippen LogP contribution < -0.4 is 9.64 Å². The molecule has 1 unspecified atom stereocenters. The molecule has 1 N–H and O–H groups in total. The van der Waals surface area contributed by atoms with Crippen molar-refractivity contribution in [3.8, 4) is 5.75 Å². The standard InChI is InChI=1S/C39H29N3O4S2/c43-33(23-18-26-10-3-1-4-11-26)34-35(29-19-21-31(22-20-29)46-24-27-12-5-2-6-13-27)42(37(45)36(34)44)38-40-41-39(48-38)47-25-30-16-9-15-28-14-7-8-17-32(28)30/h1-23,35,44H,24-25H2/b23-18+. The summed E-state index contributed by atoms with van der Waals surface area (Å²) in [5.74, 6) is -0.492. The zero-order valence-corrected chi connectivity index (χ0v) is 27.2. The van der Waals surface area contributed by atoms with Crippen molar-refractivity contribution >= 4 is 56.8 Å². The highest BCUT2D eigenvalue weighted by atomic mass is 32.2. The third-order valence-electron chi connectivity index (χ3n) is 7.98. The summed E-state index contributed by atoms with van der Waals surface area (Å²) in [6.07, 6.45) is 3.05. The van der Waals surface area contributed by atoms with E-state index in [2.05, 4.69) is 34.5 Å². The van der Waals surface area contributed by atoms with E-state index in [1.54, 1.807) is 30.3 Å². The Bertz CT molecular complexity index is 2140. The summed E-state index contributed by atoms with van der Waals surface area (Å²) in [6, 6.07) is 39.9. The molecular weight excluding hydrogens is 639 g/mol. The molecule has 236 valence electrons. The average molecular weight is 668 g/mol. The number of benzene rings is 5. The first-order valence-electron chi connectivity index (χ1n) is 15.3. The second-order valence-electron chi connectivity index (χ2n) is 11.1. The molecule has 1 aromatic heterocycles. The minimum absolute atomic E-state index is 0.0229. The van der Waals surface area contributed by atoms with E-state index in [-0.39, 0.29) is 10.7 Å². The number of carbonyl (C=O) groups is 2. The molecule has 1 atom stereocenters. The van der Waals surface area contributed by atoms with Gasteiger partial charge in [-0.3, -0.25) is 14.5 Å². The van der Waals surface area contributed by atoms with Gasteiger partial charge in [0.25, 0.3) is 5.91 Å². The van der Waals surface area contributed by atoms with Gasteiger partial charge in [0.2, 0.25) is 5.13 Å². The molecule has 1 aliphatic heterocycles. The highest BCUT2D eigenvalue weighted by molar-refractivity contribution is 8.00. The van der Waals surface area contributed by atoms with Crippen LogP contribution >= 0.6 is 23.1 Å². The van der Waals surface area contributed by atoms with E-state index in [0.717, 1.165) is 22.1 Å². The number of allylic oxidation sites excluding steroid dienone is 1. The molecule has 2 heterocycles. The molecule has 9 heteroatoms. The Hall–Kier alpha value is -5.51. The lowest BCUT2D eigenvalue weighted by atomic mass is 9.95. The SMILES string of the molecule is O=C(/C=C/c1ccccc1)C1=C(O)C(=O)N(c2nnc(SCc3cccc4ccccc34)s2)C1c1ccc(OCc2ccccc2)cc1. The number of carbonyl (C=O) groups excluding carboxylic acids is 2. The van der Waals surface area contributed by atoms with Gasteiger partial charge in [-0.25, -0.2) is 0 Å². The summed E-state index contributed by atoms with van der Waals surface area (Å²) < 4.78 is 6.64. The molecule has 6 aromatic rings. The molecule has 1 amide bonds. The van der Waals surface area contributed by atoms with Crippen LogP contribution in [0.1, 0.15) is 28.3 Å². The van der Waals surface area contributed by atoms with Gasteiger partial charge in [-0.05, 0) is 51.2 Å². The maximum Gasteiger partial charge on any atom is 0.296 e. The van der Waals surface area contributed by atoms with E-state index < -0.39 is 23.5 Å². The lowest BCUT2D eigenvalue weighted by Crippen LogP contribution is -2.30. The van der Waals surface area contributed by atoms with Crippen LogP contribution in [0.4, 0.5) is 5.13 Å². The fourth-order valence-corrected chi connectivity index (χ4v) is 7.47. The summed E-state index contributed by atoms with van der Waals surface area (Å²) in [5, 5.41) is 22.5. The largest absolute Gasteiger partial charge is 0.503 e. The number of ketones is 1. The molecule has 0 bridgehead atoms. The van der Waals surface area contributed by atoms with Crippen molar-refractivity contribution in [1.82, 2.24) is 10.2 Å². The summed E-state index contributed by atoms with van der Waals surface area (Å²) in [6.45, 7) is 0.396. The normalized spacial score (nSPS) is 14.7. The number of hydrogen-bond acceptors (Lipinski definition) is 8. The van der Waals surface area contributed by atoms with Crippen molar-refractivity contribution in [2.45, 2.75) is 22.7 Å². The second kappa shape index (κ2) is 14.1. The van der Waals surface area contributed by atoms with Crippen molar-refractivity contribution in [2.75, 3.05) is 4.90 Å². The van der Waals surface area contributed by atoms with E-state index in [1.165, 1.54) is 39.5 Å². The van der Waals surface area contributed by atoms with Gasteiger partial charge in [0.05, 0.1) is 11.6 Å². The Morgan fingerprint density at radius 2 is 1.56 bits per heavy atom. The van der Waals surface area contributed by atoms with E-state index >= 15 is 0 Å². The van der Waals surface area contributed by atoms with Gasteiger partial charge >= 0.3 is 0 Å². The smallest absolute Gasteiger partial charge is 0.296 e. The van der Waals surface area contributed by atoms with Crippen molar-refractivity contribution in [3.63, 3.8) is 0 Å². The first kappa shape index (κ1) is 31.1. The number of hydrogen-bond donors (Lipinski definition) is 1. The molecule has 5 aromatic carbocycles. The Morgan fingerprint density at radius 1 is 0.854 bits per heavy atom. The Labute approximate surface area is 285 Å². The summed E-state index contributed by atoms with van der Waals surface area (Å²) in [5.41, 5.74) is 3.62. The minimum atomic E-state index is -0.919. The fourth-order valence-electron chi connectivity index (χ4n) is 5.60. The number of amides is 1. The van der Waals surface area contributed by atoms with Gasteiger partial charge in [-0.2, -0.15) is 0 Å². The molecule has 7 nitrogen and oxygen atoms in total. The monoisotopic (exact) mass is 667 g/mol. The van der Waals surface area contributed by atoms with E-state index in [0.29, 0.717) is 28.0 Å². The van der Waals surface area contributed by atoms with Gasteiger partial charge in [0.1, 0.15) is 12.4 Å². The van der Waals surface area contributed by atoms with Crippen LogP contribution in [-0.4, -0.2) is 27.0 Å². The van der Waals surface area contributed by atoms with Crippen LogP contribution in [0.25, 0.3) is 16.8 Å². The molecule has 0 fully saturated rings. The van der Waals surface area contributed by atoms with Crippen LogP contribution in [-0.2, 0) is 21.9 Å². The molecule has 0 saturated carbocycles. The van der Waals surface area contributed by atoms with E-state index in [4.69, 9.17) is 4.74 Å². The minimum Gasteiger partial charge on any atom is -0.503 e. The second-order valence-corrected chi connectivity index (χ2v) is 13.2. The molecule has 0 saturated heterocycles. The maximum atomic E-state index is 13.7. The zero-order valence-electron chi connectivity index (χ0n) is 25.6. The number of aliphatic hydroxyl groups excluding tert-OH is 1. The number of aliphatic hydroxyl groups is 1. The number of rotatable bonds is 11. The number of fused-ring (bicyclic) bond motifs is 1. The Morgan fingerprint density at radius 3 is 2.35 bits per heavy atom. The van der Waals surface area contributed by atoms with Gasteiger partial charge in [-0.1, -0.05) is 144 Å². The lowest BCUT2D eigenvalue weighted by molar-refractivity contribution is -0.117. The number of anilines is 1. The average Bonchev–Trinajstić information content (AvgIpc) is 3.71. The van der Waals surface area contributed by atoms with Crippen molar-refractivity contribution < 1.29 is 19.4 Å². The third-order valence-corrected chi connectivity index (χ3v) is 10.1. The maximum absolute atomic E-state index is 13.7. The van der Waals surface area contributed by atoms with Crippen LogP contribution in [0.2, 0.25) is 0 Å². The van der Waals surface area contributed by atoms with Gasteiger partial charge in [0, 0.05) is 5.75 Å². The number of aromatic nitrogens is 2. The quantitative estimate of drug-likeness (QED) is 0.0839. The molecule has 1 aliphatic rings. The van der Waals surface area contributed by atoms with E-state index in [9.17, 15) is 14.7 Å². The molecule has 0 spiro atoms. The van der Waals surface area contributed by atoms with Crippen molar-refractivity contribution in [1.29, 1.82) is 0 Å². The fraction of sp³-hybridized carbons (Fsp3) is 0.0769. The van der Waals surface area contributed by atoms with Crippen LogP contribution in [0.3, 0.4) is 0 Å². The summed E-state index contributed by atoms with van der Waals surface area (Å²) in [7, 11) is 0. The Kier molecular flexibility index (Phi) is 9.13. The summed E-state index contributed by atoms with van der Waals surface area (Å²) in [4.78, 5) is 28.7.